The van der Waals surface area contributed by atoms with Gasteiger partial charge in [-0.25, -0.2) is 9.97 Å². The van der Waals surface area contributed by atoms with Gasteiger partial charge in [-0.2, -0.15) is 0 Å². The number of hydrogen-bond acceptors (Lipinski definition) is 6. The Hall–Kier alpha value is -2.47. The lowest BCUT2D eigenvalue weighted by molar-refractivity contribution is -0.307. The minimum atomic E-state index is -1.10. The number of carboxylic acid groups (broad SMARTS) is 1. The maximum absolute atomic E-state index is 11.7. The Morgan fingerprint density at radius 3 is 2.64 bits per heavy atom. The third-order valence-corrected chi connectivity index (χ3v) is 6.46. The molecule has 0 amide bonds. The Morgan fingerprint density at radius 2 is 1.93 bits per heavy atom. The number of nitrogens with one attached hydrogen (secondary N) is 1. The molecule has 0 fully saturated rings. The van der Waals surface area contributed by atoms with Crippen LogP contribution in [0.2, 0.25) is 0 Å². The van der Waals surface area contributed by atoms with Gasteiger partial charge in [0.25, 0.3) is 0 Å². The van der Waals surface area contributed by atoms with Crippen LogP contribution in [0.5, 0.6) is 0 Å². The summed E-state index contributed by atoms with van der Waals surface area (Å²) in [5.41, 5.74) is 2.43. The molecule has 0 unspecified atom stereocenters. The average molecular weight is 395 g/mol. The molecular weight excluding hydrogens is 370 g/mol. The standard InChI is InChI=1S/C22H25N3O2S/c1-13(2)19(22(26)27)25-20-18-15-10-6-7-11-16(15)28-21(18)24-17(23-20)12-14-8-4-3-5-9-14/h3-5,8-9,13,19H,6-7,10-12H2,1-2H3,(H,26,27)(H,23,24,25)/p-1/t19-/m1/s1. The van der Waals surface area contributed by atoms with Gasteiger partial charge in [-0.1, -0.05) is 44.2 Å². The fourth-order valence-electron chi connectivity index (χ4n) is 3.81. The number of aryl methyl sites for hydroxylation is 2. The summed E-state index contributed by atoms with van der Waals surface area (Å²) in [5.74, 6) is 0.136. The molecule has 0 saturated heterocycles. The minimum absolute atomic E-state index is 0.109. The summed E-state index contributed by atoms with van der Waals surface area (Å²) >= 11 is 1.73. The molecule has 0 spiro atoms. The highest BCUT2D eigenvalue weighted by Gasteiger charge is 2.24. The molecule has 6 heteroatoms. The molecule has 1 atom stereocenters. The second-order valence-corrected chi connectivity index (χ2v) is 8.81. The number of fused-ring (bicyclic) bond motifs is 3. The lowest BCUT2D eigenvalue weighted by Gasteiger charge is -2.24. The van der Waals surface area contributed by atoms with Crippen molar-refractivity contribution in [2.45, 2.75) is 52.0 Å². The number of carboxylic acids is 1. The Labute approximate surface area is 168 Å². The smallest absolute Gasteiger partial charge is 0.139 e. The molecule has 1 aromatic carbocycles. The predicted molar refractivity (Wildman–Crippen MR) is 111 cm³/mol. The van der Waals surface area contributed by atoms with E-state index in [4.69, 9.17) is 9.97 Å². The van der Waals surface area contributed by atoms with E-state index >= 15 is 0 Å². The molecule has 0 bridgehead atoms. The summed E-state index contributed by atoms with van der Waals surface area (Å²) in [6.45, 7) is 3.75. The van der Waals surface area contributed by atoms with Gasteiger partial charge in [-0.3, -0.25) is 0 Å². The van der Waals surface area contributed by atoms with E-state index in [9.17, 15) is 9.90 Å². The topological polar surface area (TPSA) is 77.9 Å². The molecule has 1 N–H and O–H groups in total. The van der Waals surface area contributed by atoms with Crippen LogP contribution in [-0.4, -0.2) is 22.0 Å². The van der Waals surface area contributed by atoms with E-state index in [-0.39, 0.29) is 5.92 Å². The van der Waals surface area contributed by atoms with Crippen molar-refractivity contribution in [3.05, 3.63) is 52.2 Å². The first kappa shape index (κ1) is 18.9. The summed E-state index contributed by atoms with van der Waals surface area (Å²) in [6, 6.07) is 9.31. The van der Waals surface area contributed by atoms with Crippen molar-refractivity contribution in [3.8, 4) is 0 Å². The van der Waals surface area contributed by atoms with Gasteiger partial charge in [-0.15, -0.1) is 11.3 Å². The molecule has 2 heterocycles. The molecule has 1 aliphatic carbocycles. The maximum Gasteiger partial charge on any atom is 0.139 e. The molecule has 0 aliphatic heterocycles. The Bertz CT molecular complexity index is 998. The summed E-state index contributed by atoms with van der Waals surface area (Å²) in [5, 5.41) is 15.8. The van der Waals surface area contributed by atoms with Crippen LogP contribution in [0.25, 0.3) is 10.2 Å². The van der Waals surface area contributed by atoms with Crippen LogP contribution >= 0.6 is 11.3 Å². The van der Waals surface area contributed by atoms with Gasteiger partial charge >= 0.3 is 0 Å². The normalized spacial score (nSPS) is 14.8. The highest BCUT2D eigenvalue weighted by Crippen LogP contribution is 2.39. The molecular formula is C22H24N3O2S-. The first-order chi connectivity index (χ1) is 13.5. The number of benzene rings is 1. The zero-order valence-electron chi connectivity index (χ0n) is 16.2. The summed E-state index contributed by atoms with van der Waals surface area (Å²) in [4.78, 5) is 23.6. The molecule has 0 radical (unpaired) electrons. The Balaban J connectivity index is 1.81. The van der Waals surface area contributed by atoms with E-state index in [1.165, 1.54) is 16.9 Å². The van der Waals surface area contributed by atoms with Crippen molar-refractivity contribution in [2.24, 2.45) is 5.92 Å². The van der Waals surface area contributed by atoms with E-state index < -0.39 is 12.0 Å². The second kappa shape index (κ2) is 7.87. The van der Waals surface area contributed by atoms with Crippen molar-refractivity contribution in [1.82, 2.24) is 9.97 Å². The van der Waals surface area contributed by atoms with Crippen LogP contribution in [0.4, 0.5) is 5.82 Å². The fourth-order valence-corrected chi connectivity index (χ4v) is 5.09. The fraction of sp³-hybridized carbons (Fsp3) is 0.409. The number of thiophene rings is 1. The number of nitrogens with zero attached hydrogens (tertiary/aromatic N) is 2. The maximum atomic E-state index is 11.7. The molecule has 4 rings (SSSR count). The lowest BCUT2D eigenvalue weighted by atomic mass is 9.96. The number of anilines is 1. The Kier molecular flexibility index (Phi) is 5.31. The van der Waals surface area contributed by atoms with Gasteiger partial charge in [0.2, 0.25) is 0 Å². The largest absolute Gasteiger partial charge is 0.548 e. The second-order valence-electron chi connectivity index (χ2n) is 7.73. The monoisotopic (exact) mass is 394 g/mol. The van der Waals surface area contributed by atoms with Gasteiger partial charge in [0.15, 0.2) is 0 Å². The summed E-state index contributed by atoms with van der Waals surface area (Å²) in [7, 11) is 0. The first-order valence-electron chi connectivity index (χ1n) is 9.85. The quantitative estimate of drug-likeness (QED) is 0.694. The van der Waals surface area contributed by atoms with Crippen LogP contribution in [0.3, 0.4) is 0 Å². The van der Waals surface area contributed by atoms with Crippen molar-refractivity contribution in [2.75, 3.05) is 5.32 Å². The van der Waals surface area contributed by atoms with Crippen molar-refractivity contribution < 1.29 is 9.90 Å². The van der Waals surface area contributed by atoms with Crippen LogP contribution < -0.4 is 10.4 Å². The molecule has 1 aliphatic rings. The van der Waals surface area contributed by atoms with E-state index in [2.05, 4.69) is 17.4 Å². The number of aliphatic carboxylic acids is 1. The van der Waals surface area contributed by atoms with Crippen LogP contribution in [0.15, 0.2) is 30.3 Å². The third-order valence-electron chi connectivity index (χ3n) is 5.28. The highest BCUT2D eigenvalue weighted by molar-refractivity contribution is 7.19. The van der Waals surface area contributed by atoms with E-state index in [1.807, 2.05) is 32.0 Å². The van der Waals surface area contributed by atoms with E-state index in [0.29, 0.717) is 18.1 Å². The highest BCUT2D eigenvalue weighted by atomic mass is 32.1. The Morgan fingerprint density at radius 1 is 1.18 bits per heavy atom. The minimum Gasteiger partial charge on any atom is -0.548 e. The van der Waals surface area contributed by atoms with Crippen molar-refractivity contribution in [3.63, 3.8) is 0 Å². The molecule has 2 aromatic heterocycles. The van der Waals surface area contributed by atoms with Gasteiger partial charge in [0.05, 0.1) is 17.4 Å². The average Bonchev–Trinajstić information content (AvgIpc) is 3.04. The number of aromatic nitrogens is 2. The van der Waals surface area contributed by atoms with Crippen molar-refractivity contribution >= 4 is 33.3 Å². The zero-order chi connectivity index (χ0) is 19.7. The zero-order valence-corrected chi connectivity index (χ0v) is 17.0. The van der Waals surface area contributed by atoms with Gasteiger partial charge in [-0.05, 0) is 42.7 Å². The van der Waals surface area contributed by atoms with E-state index in [0.717, 1.165) is 35.0 Å². The van der Waals surface area contributed by atoms with Gasteiger partial charge < -0.3 is 15.2 Å². The van der Waals surface area contributed by atoms with Crippen LogP contribution in [0, 0.1) is 5.92 Å². The van der Waals surface area contributed by atoms with Crippen LogP contribution in [-0.2, 0) is 24.1 Å². The van der Waals surface area contributed by atoms with Crippen LogP contribution in [0.1, 0.15) is 48.5 Å². The number of hydrogen-bond donors (Lipinski definition) is 1. The molecule has 0 saturated carbocycles. The summed E-state index contributed by atoms with van der Waals surface area (Å²) in [6.07, 6.45) is 5.03. The van der Waals surface area contributed by atoms with E-state index in [1.54, 1.807) is 11.3 Å². The van der Waals surface area contributed by atoms with Gasteiger partial charge in [0, 0.05) is 11.3 Å². The molecule has 28 heavy (non-hydrogen) atoms. The molecule has 5 nitrogen and oxygen atoms in total. The van der Waals surface area contributed by atoms with Crippen molar-refractivity contribution in [1.29, 1.82) is 0 Å². The number of carbonyl (C=O) groups excluding carboxylic acids is 1. The predicted octanol–water partition coefficient (Wildman–Crippen LogP) is 3.35. The SMILES string of the molecule is CC(C)[C@@H](Nc1nc(Cc2ccccc2)nc2sc3c(c12)CCCC3)C(=O)[O-]. The number of carbonyl (C=O) groups is 1. The molecule has 146 valence electrons. The lowest BCUT2D eigenvalue weighted by Crippen LogP contribution is -2.44. The van der Waals surface area contributed by atoms with Gasteiger partial charge in [0.1, 0.15) is 16.5 Å². The number of rotatable bonds is 6. The third kappa shape index (κ3) is 3.74. The first-order valence-corrected chi connectivity index (χ1v) is 10.7. The summed E-state index contributed by atoms with van der Waals surface area (Å²) < 4.78 is 0. The molecule has 3 aromatic rings.